The fourth-order valence-corrected chi connectivity index (χ4v) is 8.07. The van der Waals surface area contributed by atoms with Crippen LogP contribution in [0.3, 0.4) is 0 Å². The summed E-state index contributed by atoms with van der Waals surface area (Å²) in [7, 11) is -16.4. The Hall–Kier alpha value is -3.03. The van der Waals surface area contributed by atoms with Gasteiger partial charge in [0.25, 0.3) is 0 Å². The number of aliphatic hydroxyl groups is 2. The molecule has 2 amide bonds. The fraction of sp³-hybridized carbons (Fsp3) is 0.577. The summed E-state index contributed by atoms with van der Waals surface area (Å²) < 4.78 is 61.9. The Kier molecular flexibility index (Phi) is 16.4. The number of imidazole rings is 1. The Labute approximate surface area is 315 Å². The standard InChI is InChI=1S/C26H40N7O18P3S/c1-4-14(34)9-17(36)55-8-7-28-16(35)5-6-29-24(39)21(38)26(2,3)11-48-54(45,46)51-53(43,44)47-10-15-20(50-52(40,41)42)19(37)25(49-15)33-13-32-18-22(27)30-12-31-23(18)33/h4,12-13,15,19-21,25,37-38H,1,5-11H2,2-3H3,(H,28,35)(H,29,39)(H,43,44)(H,45,46)(H2,27,30,31)(H2,40,41,42)/t15-,19-,20-,21+,25-/m1/s1. The summed E-state index contributed by atoms with van der Waals surface area (Å²) in [4.78, 5) is 98.1. The first-order valence-electron chi connectivity index (χ1n) is 15.6. The number of nitrogen functional groups attached to an aromatic ring is 1. The number of carbonyl (C=O) groups is 4. The number of nitrogens with two attached hydrogens (primary N) is 1. The number of aliphatic hydroxyl groups excluding tert-OH is 2. The molecule has 2 aromatic rings. The average molecular weight is 864 g/mol. The van der Waals surface area contributed by atoms with E-state index in [1.807, 2.05) is 0 Å². The normalized spacial score (nSPS) is 21.7. The van der Waals surface area contributed by atoms with Gasteiger partial charge in [-0.15, -0.1) is 0 Å². The molecule has 308 valence electrons. The van der Waals surface area contributed by atoms with Gasteiger partial charge >= 0.3 is 23.5 Å². The summed E-state index contributed by atoms with van der Waals surface area (Å²) in [5, 5.41) is 25.8. The van der Waals surface area contributed by atoms with E-state index in [4.69, 9.17) is 19.5 Å². The van der Waals surface area contributed by atoms with Gasteiger partial charge in [0.2, 0.25) is 11.8 Å². The number of ether oxygens (including phenoxy) is 1. The topological polar surface area (TPSA) is 381 Å². The van der Waals surface area contributed by atoms with Crippen LogP contribution in [0.15, 0.2) is 25.3 Å². The van der Waals surface area contributed by atoms with Gasteiger partial charge in [-0.2, -0.15) is 4.31 Å². The molecule has 1 fully saturated rings. The molecule has 10 N–H and O–H groups in total. The largest absolute Gasteiger partial charge is 0.481 e. The van der Waals surface area contributed by atoms with Crippen LogP contribution < -0.4 is 16.4 Å². The number of rotatable bonds is 22. The van der Waals surface area contributed by atoms with Crippen molar-refractivity contribution >= 4 is 74.9 Å². The van der Waals surface area contributed by atoms with Crippen molar-refractivity contribution < 1.29 is 85.3 Å². The van der Waals surface area contributed by atoms with Gasteiger partial charge in [-0.1, -0.05) is 32.2 Å². The smallest absolute Gasteiger partial charge is 0.386 e. The summed E-state index contributed by atoms with van der Waals surface area (Å²) in [6.45, 7) is 3.52. The van der Waals surface area contributed by atoms with Crippen LogP contribution in [-0.4, -0.2) is 128 Å². The average Bonchev–Trinajstić information content (AvgIpc) is 3.64. The lowest BCUT2D eigenvalue weighted by Gasteiger charge is -2.30. The Morgan fingerprint density at radius 2 is 1.76 bits per heavy atom. The molecule has 7 atom stereocenters. The van der Waals surface area contributed by atoms with E-state index in [2.05, 4.69) is 41.0 Å². The van der Waals surface area contributed by atoms with E-state index >= 15 is 0 Å². The van der Waals surface area contributed by atoms with Crippen LogP contribution in [0.2, 0.25) is 0 Å². The second-order valence-electron chi connectivity index (χ2n) is 12.1. The third-order valence-corrected chi connectivity index (χ3v) is 11.3. The van der Waals surface area contributed by atoms with E-state index in [0.717, 1.165) is 35.1 Å². The SMILES string of the molecule is C=CC(=O)CC(=O)SCCNC(=O)CCNC(=O)[C@H](O)C(C)(C)COP(=O)(O)OP(=O)(O)OC[C@H]1O[C@@H](n2cnc3c(N)ncnc32)[C@H](O)[C@@H]1OP(=O)(O)O. The van der Waals surface area contributed by atoms with Gasteiger partial charge < -0.3 is 50.9 Å². The Morgan fingerprint density at radius 3 is 2.42 bits per heavy atom. The number of thioether (sulfide) groups is 1. The third-order valence-electron chi connectivity index (χ3n) is 7.31. The van der Waals surface area contributed by atoms with Gasteiger partial charge in [0.15, 0.2) is 28.6 Å². The Morgan fingerprint density at radius 1 is 1.09 bits per heavy atom. The lowest BCUT2D eigenvalue weighted by atomic mass is 9.87. The van der Waals surface area contributed by atoms with Gasteiger partial charge in [-0.3, -0.25) is 37.3 Å². The van der Waals surface area contributed by atoms with E-state index in [-0.39, 0.29) is 48.7 Å². The minimum atomic E-state index is -5.58. The second-order valence-corrected chi connectivity index (χ2v) is 17.5. The molecule has 0 saturated carbocycles. The maximum Gasteiger partial charge on any atom is 0.481 e. The number of fused-ring (bicyclic) bond motifs is 1. The highest BCUT2D eigenvalue weighted by Crippen LogP contribution is 2.61. The predicted molar refractivity (Wildman–Crippen MR) is 187 cm³/mol. The number of carbonyl (C=O) groups excluding carboxylic acids is 4. The zero-order valence-electron chi connectivity index (χ0n) is 29.0. The van der Waals surface area contributed by atoms with Gasteiger partial charge in [0.1, 0.15) is 36.3 Å². The molecule has 3 rings (SSSR count). The van der Waals surface area contributed by atoms with Crippen LogP contribution in [0.1, 0.15) is 32.9 Å². The monoisotopic (exact) mass is 863 g/mol. The molecular weight excluding hydrogens is 823 g/mol. The fourth-order valence-electron chi connectivity index (χ4n) is 4.56. The third kappa shape index (κ3) is 14.1. The maximum absolute atomic E-state index is 12.6. The first-order valence-corrected chi connectivity index (χ1v) is 21.2. The van der Waals surface area contributed by atoms with Crippen LogP contribution in [-0.2, 0) is 55.5 Å². The second kappa shape index (κ2) is 19.4. The number of aromatic nitrogens is 4. The van der Waals surface area contributed by atoms with Crippen LogP contribution >= 0.6 is 35.2 Å². The van der Waals surface area contributed by atoms with Gasteiger partial charge in [-0.25, -0.2) is 28.6 Å². The zero-order chi connectivity index (χ0) is 41.4. The number of phosphoric acid groups is 3. The highest BCUT2D eigenvalue weighted by molar-refractivity contribution is 8.13. The number of hydrogen-bond donors (Lipinski definition) is 9. The first kappa shape index (κ1) is 46.4. The zero-order valence-corrected chi connectivity index (χ0v) is 32.5. The molecular formula is C26H40N7O18P3S. The van der Waals surface area contributed by atoms with E-state index in [9.17, 15) is 62.7 Å². The quantitative estimate of drug-likeness (QED) is 0.0291. The van der Waals surface area contributed by atoms with Gasteiger partial charge in [-0.05, 0) is 6.08 Å². The van der Waals surface area contributed by atoms with E-state index in [0.29, 0.717) is 0 Å². The number of nitrogens with one attached hydrogen (secondary N) is 2. The number of anilines is 1. The van der Waals surface area contributed by atoms with Crippen molar-refractivity contribution in [3.05, 3.63) is 25.3 Å². The number of allylic oxidation sites excluding steroid dienone is 1. The summed E-state index contributed by atoms with van der Waals surface area (Å²) in [5.41, 5.74) is 4.21. The molecule has 0 radical (unpaired) electrons. The lowest BCUT2D eigenvalue weighted by Crippen LogP contribution is -2.46. The Balaban J connectivity index is 1.50. The molecule has 25 nitrogen and oxygen atoms in total. The number of nitrogens with zero attached hydrogens (tertiary/aromatic N) is 4. The molecule has 29 heteroatoms. The molecule has 1 saturated heterocycles. The summed E-state index contributed by atoms with van der Waals surface area (Å²) in [5.74, 6) is -1.81. The van der Waals surface area contributed by atoms with Crippen molar-refractivity contribution in [1.82, 2.24) is 30.2 Å². The molecule has 1 aliphatic heterocycles. The number of ketones is 1. The van der Waals surface area contributed by atoms with Crippen molar-refractivity contribution in [2.45, 2.75) is 57.3 Å². The van der Waals surface area contributed by atoms with Gasteiger partial charge in [0, 0.05) is 30.7 Å². The maximum atomic E-state index is 12.6. The summed E-state index contributed by atoms with van der Waals surface area (Å²) in [6.07, 6.45) is -6.34. The molecule has 0 spiro atoms. The number of amides is 2. The molecule has 3 heterocycles. The predicted octanol–water partition coefficient (Wildman–Crippen LogP) is -1.19. The molecule has 55 heavy (non-hydrogen) atoms. The summed E-state index contributed by atoms with van der Waals surface area (Å²) >= 11 is 0.845. The van der Waals surface area contributed by atoms with E-state index < -0.39 is 95.5 Å². The van der Waals surface area contributed by atoms with Crippen molar-refractivity contribution in [2.24, 2.45) is 5.41 Å². The van der Waals surface area contributed by atoms with Crippen LogP contribution in [0.25, 0.3) is 11.2 Å². The highest BCUT2D eigenvalue weighted by Gasteiger charge is 2.50. The number of hydrogen-bond acceptors (Lipinski definition) is 19. The highest BCUT2D eigenvalue weighted by atomic mass is 32.2. The molecule has 0 bridgehead atoms. The van der Waals surface area contributed by atoms with Gasteiger partial charge in [0.05, 0.1) is 26.0 Å². The Bertz CT molecular complexity index is 1880. The summed E-state index contributed by atoms with van der Waals surface area (Å²) in [6, 6.07) is 0. The van der Waals surface area contributed by atoms with Crippen LogP contribution in [0.5, 0.6) is 0 Å². The molecule has 2 unspecified atom stereocenters. The molecule has 1 aliphatic rings. The van der Waals surface area contributed by atoms with Crippen LogP contribution in [0.4, 0.5) is 5.82 Å². The van der Waals surface area contributed by atoms with E-state index in [1.165, 1.54) is 13.8 Å². The van der Waals surface area contributed by atoms with Crippen LogP contribution in [0, 0.1) is 5.41 Å². The first-order chi connectivity index (χ1) is 25.4. The minimum absolute atomic E-state index is 0.0223. The van der Waals surface area contributed by atoms with Crippen molar-refractivity contribution in [1.29, 1.82) is 0 Å². The minimum Gasteiger partial charge on any atom is -0.386 e. The van der Waals surface area contributed by atoms with Crippen molar-refractivity contribution in [3.63, 3.8) is 0 Å². The number of phosphoric ester groups is 3. The van der Waals surface area contributed by atoms with Crippen molar-refractivity contribution in [3.8, 4) is 0 Å². The molecule has 0 aromatic carbocycles. The van der Waals surface area contributed by atoms with Crippen molar-refractivity contribution in [2.75, 3.05) is 37.8 Å². The molecule has 2 aromatic heterocycles. The van der Waals surface area contributed by atoms with E-state index in [1.54, 1.807) is 0 Å². The molecule has 0 aliphatic carbocycles. The lowest BCUT2D eigenvalue weighted by molar-refractivity contribution is -0.137.